The first-order valence-electron chi connectivity index (χ1n) is 6.02. The van der Waals surface area contributed by atoms with Crippen LogP contribution in [0, 0.1) is 41.4 Å². The number of carbonyl (C=O) groups is 1. The summed E-state index contributed by atoms with van der Waals surface area (Å²) in [5.41, 5.74) is 0. The van der Waals surface area contributed by atoms with E-state index in [1.165, 1.54) is 25.7 Å². The molecule has 0 aromatic carbocycles. The molecule has 4 aliphatic rings. The molecule has 1 unspecified atom stereocenters. The molecule has 0 aromatic rings. The van der Waals surface area contributed by atoms with Crippen LogP contribution in [-0.2, 0) is 4.79 Å². The average molecular weight is 192 g/mol. The molecule has 0 heterocycles. The molecule has 0 aliphatic heterocycles. The second-order valence-corrected chi connectivity index (χ2v) is 5.84. The van der Waals surface area contributed by atoms with Crippen LogP contribution in [0.15, 0.2) is 0 Å². The maximum atomic E-state index is 11.0. The Morgan fingerprint density at radius 2 is 1.57 bits per heavy atom. The highest BCUT2D eigenvalue weighted by Crippen LogP contribution is 2.75. The summed E-state index contributed by atoms with van der Waals surface area (Å²) in [6.45, 7) is 0. The van der Waals surface area contributed by atoms with E-state index < -0.39 is 5.97 Å². The van der Waals surface area contributed by atoms with E-state index in [2.05, 4.69) is 0 Å². The Bertz CT molecular complexity index is 289. The lowest BCUT2D eigenvalue weighted by atomic mass is 9.82. The maximum Gasteiger partial charge on any atom is 0.307 e. The van der Waals surface area contributed by atoms with Crippen molar-refractivity contribution in [3.63, 3.8) is 0 Å². The summed E-state index contributed by atoms with van der Waals surface area (Å²) in [6, 6.07) is 0. The smallest absolute Gasteiger partial charge is 0.307 e. The van der Waals surface area contributed by atoms with Crippen LogP contribution >= 0.6 is 0 Å². The van der Waals surface area contributed by atoms with Gasteiger partial charge in [-0.25, -0.2) is 0 Å². The van der Waals surface area contributed by atoms with Gasteiger partial charge in [0.2, 0.25) is 0 Å². The van der Waals surface area contributed by atoms with E-state index in [1.54, 1.807) is 0 Å². The van der Waals surface area contributed by atoms with Gasteiger partial charge in [0.25, 0.3) is 0 Å². The molecule has 0 amide bonds. The second kappa shape index (κ2) is 2.17. The van der Waals surface area contributed by atoms with Crippen molar-refractivity contribution in [1.82, 2.24) is 0 Å². The van der Waals surface area contributed by atoms with Crippen LogP contribution in [0.5, 0.6) is 0 Å². The minimum Gasteiger partial charge on any atom is -0.481 e. The SMILES string of the molecule is O=C(O)C1[C@@H]2[C@@H]3C[C@@H]([C@@H]4CCC[C@@H]43)[C@H]12. The van der Waals surface area contributed by atoms with Gasteiger partial charge in [0.15, 0.2) is 0 Å². The summed E-state index contributed by atoms with van der Waals surface area (Å²) in [7, 11) is 0. The summed E-state index contributed by atoms with van der Waals surface area (Å²) in [6.07, 6.45) is 5.61. The Labute approximate surface area is 83.7 Å². The Morgan fingerprint density at radius 3 is 2.07 bits per heavy atom. The summed E-state index contributed by atoms with van der Waals surface area (Å²) < 4.78 is 0. The predicted octanol–water partition coefficient (Wildman–Crippen LogP) is 2.00. The van der Waals surface area contributed by atoms with Crippen molar-refractivity contribution >= 4 is 5.97 Å². The molecule has 7 atom stereocenters. The lowest BCUT2D eigenvalue weighted by Gasteiger charge is -2.23. The first-order valence-corrected chi connectivity index (χ1v) is 6.02. The van der Waals surface area contributed by atoms with Gasteiger partial charge in [0.1, 0.15) is 0 Å². The third kappa shape index (κ3) is 0.665. The molecule has 1 N–H and O–H groups in total. The fraction of sp³-hybridized carbons (Fsp3) is 0.917. The molecule has 14 heavy (non-hydrogen) atoms. The van der Waals surface area contributed by atoms with Gasteiger partial charge in [-0.05, 0) is 54.8 Å². The Hall–Kier alpha value is -0.530. The standard InChI is InChI=1S/C12H16O2/c13-12(14)11-9-7-4-8(10(9)11)6-3-1-2-5(6)7/h5-11H,1-4H2,(H,13,14)/t5-,6+,7+,8-,9+,10-,11?. The highest BCUT2D eigenvalue weighted by Gasteiger charge is 2.73. The van der Waals surface area contributed by atoms with Crippen LogP contribution in [0.1, 0.15) is 25.7 Å². The van der Waals surface area contributed by atoms with Crippen LogP contribution in [0.25, 0.3) is 0 Å². The lowest BCUT2D eigenvalue weighted by molar-refractivity contribution is -0.139. The van der Waals surface area contributed by atoms with E-state index in [0.717, 1.165) is 23.7 Å². The molecule has 0 radical (unpaired) electrons. The van der Waals surface area contributed by atoms with E-state index in [4.69, 9.17) is 5.11 Å². The number of rotatable bonds is 1. The third-order valence-corrected chi connectivity index (χ3v) is 5.68. The molecule has 0 spiro atoms. The third-order valence-electron chi connectivity index (χ3n) is 5.68. The molecule has 2 nitrogen and oxygen atoms in total. The van der Waals surface area contributed by atoms with Gasteiger partial charge in [-0.1, -0.05) is 6.42 Å². The molecule has 4 rings (SSSR count). The van der Waals surface area contributed by atoms with E-state index >= 15 is 0 Å². The van der Waals surface area contributed by atoms with Crippen LogP contribution in [0.4, 0.5) is 0 Å². The highest BCUT2D eigenvalue weighted by molar-refractivity contribution is 5.75. The van der Waals surface area contributed by atoms with Gasteiger partial charge in [0.05, 0.1) is 5.92 Å². The average Bonchev–Trinajstić information content (AvgIpc) is 2.52. The van der Waals surface area contributed by atoms with E-state index in [9.17, 15) is 4.79 Å². The summed E-state index contributed by atoms with van der Waals surface area (Å²) in [4.78, 5) is 11.0. The van der Waals surface area contributed by atoms with Crippen molar-refractivity contribution in [2.75, 3.05) is 0 Å². The van der Waals surface area contributed by atoms with Crippen LogP contribution in [0.2, 0.25) is 0 Å². The Morgan fingerprint density at radius 1 is 1.00 bits per heavy atom. The molecule has 4 fully saturated rings. The zero-order chi connectivity index (χ0) is 9.45. The van der Waals surface area contributed by atoms with Crippen LogP contribution < -0.4 is 0 Å². The Kier molecular flexibility index (Phi) is 1.20. The largest absolute Gasteiger partial charge is 0.481 e. The molecular weight excluding hydrogens is 176 g/mol. The monoisotopic (exact) mass is 192 g/mol. The number of fused-ring (bicyclic) bond motifs is 8. The number of aliphatic carboxylic acids is 1. The Balaban J connectivity index is 1.67. The summed E-state index contributed by atoms with van der Waals surface area (Å²) >= 11 is 0. The van der Waals surface area contributed by atoms with Gasteiger partial charge in [-0.15, -0.1) is 0 Å². The quantitative estimate of drug-likeness (QED) is 0.690. The van der Waals surface area contributed by atoms with Gasteiger partial charge >= 0.3 is 5.97 Å². The first-order chi connectivity index (χ1) is 6.79. The topological polar surface area (TPSA) is 37.3 Å². The minimum atomic E-state index is -0.505. The zero-order valence-electron chi connectivity index (χ0n) is 8.23. The molecular formula is C12H16O2. The number of hydrogen-bond acceptors (Lipinski definition) is 1. The second-order valence-electron chi connectivity index (χ2n) is 5.84. The molecule has 2 bridgehead atoms. The van der Waals surface area contributed by atoms with Gasteiger partial charge in [-0.2, -0.15) is 0 Å². The summed E-state index contributed by atoms with van der Waals surface area (Å²) in [5.74, 6) is 4.29. The lowest BCUT2D eigenvalue weighted by Crippen LogP contribution is -2.18. The van der Waals surface area contributed by atoms with Crippen molar-refractivity contribution in [2.45, 2.75) is 25.7 Å². The molecule has 4 saturated carbocycles. The van der Waals surface area contributed by atoms with Gasteiger partial charge in [0, 0.05) is 0 Å². The van der Waals surface area contributed by atoms with Gasteiger partial charge < -0.3 is 5.11 Å². The number of carboxylic acid groups (broad SMARTS) is 1. The molecule has 0 aromatic heterocycles. The van der Waals surface area contributed by atoms with Crippen molar-refractivity contribution in [3.8, 4) is 0 Å². The minimum absolute atomic E-state index is 0.0735. The van der Waals surface area contributed by atoms with Crippen molar-refractivity contribution in [2.24, 2.45) is 41.4 Å². The van der Waals surface area contributed by atoms with Crippen LogP contribution in [0.3, 0.4) is 0 Å². The highest BCUT2D eigenvalue weighted by atomic mass is 16.4. The van der Waals surface area contributed by atoms with Crippen molar-refractivity contribution < 1.29 is 9.90 Å². The molecule has 0 saturated heterocycles. The molecule has 4 aliphatic carbocycles. The molecule has 2 heteroatoms. The normalized spacial score (nSPS) is 62.4. The fourth-order valence-electron chi connectivity index (χ4n) is 5.42. The van der Waals surface area contributed by atoms with E-state index in [1.807, 2.05) is 0 Å². The van der Waals surface area contributed by atoms with Crippen LogP contribution in [-0.4, -0.2) is 11.1 Å². The first kappa shape index (κ1) is 7.72. The van der Waals surface area contributed by atoms with Crippen molar-refractivity contribution in [3.05, 3.63) is 0 Å². The number of carboxylic acids is 1. The van der Waals surface area contributed by atoms with Crippen molar-refractivity contribution in [1.29, 1.82) is 0 Å². The fourth-order valence-corrected chi connectivity index (χ4v) is 5.42. The maximum absolute atomic E-state index is 11.0. The number of hydrogen-bond donors (Lipinski definition) is 1. The van der Waals surface area contributed by atoms with E-state index in [-0.39, 0.29) is 5.92 Å². The zero-order valence-corrected chi connectivity index (χ0v) is 8.23. The molecule has 76 valence electrons. The van der Waals surface area contributed by atoms with E-state index in [0.29, 0.717) is 11.8 Å². The predicted molar refractivity (Wildman–Crippen MR) is 50.5 cm³/mol. The summed E-state index contributed by atoms with van der Waals surface area (Å²) in [5, 5.41) is 9.09. The van der Waals surface area contributed by atoms with Gasteiger partial charge in [-0.3, -0.25) is 4.79 Å².